The summed E-state index contributed by atoms with van der Waals surface area (Å²) < 4.78 is 22.1. The first-order valence-corrected chi connectivity index (χ1v) is 3.91. The molecule has 0 rings (SSSR count). The maximum absolute atomic E-state index is 9.73. The predicted molar refractivity (Wildman–Crippen MR) is 32.2 cm³/mol. The summed E-state index contributed by atoms with van der Waals surface area (Å²) in [5.74, 6) is 0. The second kappa shape index (κ2) is 5.57. The molecular formula is C3H10O6S. The monoisotopic (exact) mass is 174 g/mol. The van der Waals surface area contributed by atoms with Crippen molar-refractivity contribution in [3.8, 4) is 0 Å². The third kappa shape index (κ3) is 4.65. The van der Waals surface area contributed by atoms with Crippen LogP contribution < -0.4 is 0 Å². The Bertz CT molecular complexity index is 146. The molecule has 0 heterocycles. The van der Waals surface area contributed by atoms with Gasteiger partial charge >= 0.3 is 10.1 Å². The molecule has 0 unspecified atom stereocenters. The summed E-state index contributed by atoms with van der Waals surface area (Å²) >= 11 is 0. The van der Waals surface area contributed by atoms with Crippen LogP contribution in [0.2, 0.25) is 0 Å². The highest BCUT2D eigenvalue weighted by Crippen LogP contribution is 1.92. The minimum Gasteiger partial charge on any atom is -0.354 e. The minimum atomic E-state index is -4.57. The highest BCUT2D eigenvalue weighted by molar-refractivity contribution is 7.86. The molecule has 0 aliphatic rings. The summed E-state index contributed by atoms with van der Waals surface area (Å²) in [6.45, 7) is 4.00. The normalized spacial score (nSPS) is 10.6. The van der Waals surface area contributed by atoms with Gasteiger partial charge in [-0.3, -0.25) is 0 Å². The van der Waals surface area contributed by atoms with Crippen molar-refractivity contribution in [2.45, 2.75) is 19.5 Å². The summed E-state index contributed by atoms with van der Waals surface area (Å²) in [6.07, 6.45) is 0. The van der Waals surface area contributed by atoms with Gasteiger partial charge in [-0.2, -0.15) is 8.42 Å². The van der Waals surface area contributed by atoms with Gasteiger partial charge in [0, 0.05) is 0 Å². The van der Waals surface area contributed by atoms with Crippen molar-refractivity contribution in [1.29, 1.82) is 0 Å². The first kappa shape index (κ1) is 12.5. The van der Waals surface area contributed by atoms with Crippen molar-refractivity contribution in [2.75, 3.05) is 0 Å². The SMILES string of the molecule is CC.O=S(=O)(OO)C(O)O. The lowest BCUT2D eigenvalue weighted by Crippen LogP contribution is -2.20. The molecule has 7 heteroatoms. The number of hydrogen-bond donors (Lipinski definition) is 3. The zero-order chi connectivity index (χ0) is 8.78. The zero-order valence-corrected chi connectivity index (χ0v) is 6.37. The van der Waals surface area contributed by atoms with Gasteiger partial charge in [0.1, 0.15) is 0 Å². The van der Waals surface area contributed by atoms with E-state index in [0.717, 1.165) is 0 Å². The van der Waals surface area contributed by atoms with E-state index in [-0.39, 0.29) is 0 Å². The van der Waals surface area contributed by atoms with E-state index in [2.05, 4.69) is 4.33 Å². The molecule has 0 radical (unpaired) electrons. The van der Waals surface area contributed by atoms with E-state index < -0.39 is 15.7 Å². The molecule has 0 aliphatic carbocycles. The van der Waals surface area contributed by atoms with Crippen LogP contribution in [0.25, 0.3) is 0 Å². The molecule has 0 saturated carbocycles. The van der Waals surface area contributed by atoms with Crippen LogP contribution in [-0.2, 0) is 14.5 Å². The Hall–Kier alpha value is -0.210. The number of aliphatic hydroxyl groups excluding tert-OH is 1. The standard InChI is InChI=1S/C2H6.CH4O6S/c1-2;2-1(3)8(5,6)7-4/h1-2H3;1-4H. The van der Waals surface area contributed by atoms with E-state index in [0.29, 0.717) is 0 Å². The largest absolute Gasteiger partial charge is 0.354 e. The van der Waals surface area contributed by atoms with Crippen molar-refractivity contribution in [3.63, 3.8) is 0 Å². The summed E-state index contributed by atoms with van der Waals surface area (Å²) in [7, 11) is -4.57. The Labute approximate surface area is 58.7 Å². The maximum Gasteiger partial charge on any atom is 0.346 e. The van der Waals surface area contributed by atoms with Crippen LogP contribution >= 0.6 is 0 Å². The number of hydrogen-bond acceptors (Lipinski definition) is 6. The molecule has 0 saturated heterocycles. The van der Waals surface area contributed by atoms with Gasteiger partial charge in [0.2, 0.25) is 0 Å². The van der Waals surface area contributed by atoms with Crippen LogP contribution in [0.5, 0.6) is 0 Å². The maximum atomic E-state index is 9.73. The van der Waals surface area contributed by atoms with E-state index >= 15 is 0 Å². The van der Waals surface area contributed by atoms with Crippen LogP contribution in [0.15, 0.2) is 0 Å². The molecule has 0 aromatic heterocycles. The Balaban J connectivity index is 0. The Morgan fingerprint density at radius 1 is 1.30 bits per heavy atom. The van der Waals surface area contributed by atoms with E-state index in [1.807, 2.05) is 13.8 Å². The lowest BCUT2D eigenvalue weighted by atomic mass is 11.0. The molecular weight excluding hydrogens is 164 g/mol. The van der Waals surface area contributed by atoms with Gasteiger partial charge < -0.3 is 10.2 Å². The summed E-state index contributed by atoms with van der Waals surface area (Å²) in [5, 5.41) is 22.9. The van der Waals surface area contributed by atoms with E-state index in [1.165, 1.54) is 0 Å². The molecule has 0 aliphatic heterocycles. The molecule has 64 valence electrons. The fraction of sp³-hybridized carbons (Fsp3) is 1.00. The topological polar surface area (TPSA) is 104 Å². The second-order valence-electron chi connectivity index (χ2n) is 0.894. The molecule has 0 amide bonds. The molecule has 3 N–H and O–H groups in total. The van der Waals surface area contributed by atoms with Gasteiger partial charge in [-0.15, -0.1) is 4.33 Å². The molecule has 6 nitrogen and oxygen atoms in total. The second-order valence-corrected chi connectivity index (χ2v) is 2.45. The molecule has 0 fully saturated rings. The van der Waals surface area contributed by atoms with Gasteiger partial charge in [-0.1, -0.05) is 13.8 Å². The van der Waals surface area contributed by atoms with Gasteiger partial charge in [0.15, 0.2) is 0 Å². The van der Waals surface area contributed by atoms with Gasteiger partial charge in [-0.05, 0) is 0 Å². The highest BCUT2D eigenvalue weighted by atomic mass is 32.2. The van der Waals surface area contributed by atoms with Gasteiger partial charge in [-0.25, -0.2) is 5.26 Å². The number of aliphatic hydroxyl groups is 2. The quantitative estimate of drug-likeness (QED) is 0.285. The Morgan fingerprint density at radius 3 is 1.60 bits per heavy atom. The van der Waals surface area contributed by atoms with Crippen molar-refractivity contribution >= 4 is 10.1 Å². The first-order chi connectivity index (χ1) is 4.50. The average Bonchev–Trinajstić information content (AvgIpc) is 1.92. The third-order valence-electron chi connectivity index (χ3n) is 0.362. The third-order valence-corrected chi connectivity index (χ3v) is 1.09. The van der Waals surface area contributed by atoms with E-state index in [9.17, 15) is 8.42 Å². The Kier molecular flexibility index (Phi) is 6.94. The molecule has 10 heavy (non-hydrogen) atoms. The van der Waals surface area contributed by atoms with Crippen LogP contribution in [0, 0.1) is 0 Å². The van der Waals surface area contributed by atoms with Crippen LogP contribution in [-0.4, -0.2) is 29.5 Å². The summed E-state index contributed by atoms with van der Waals surface area (Å²) in [4.78, 5) is 0. The zero-order valence-electron chi connectivity index (χ0n) is 5.55. The minimum absolute atomic E-state index is 2.00. The fourth-order valence-electron chi connectivity index (χ4n) is 0.0385. The van der Waals surface area contributed by atoms with E-state index in [4.69, 9.17) is 15.5 Å². The van der Waals surface area contributed by atoms with Gasteiger partial charge in [0.25, 0.3) is 5.62 Å². The molecule has 0 atom stereocenters. The predicted octanol–water partition coefficient (Wildman–Crippen LogP) is -0.900. The van der Waals surface area contributed by atoms with E-state index in [1.54, 1.807) is 0 Å². The van der Waals surface area contributed by atoms with Gasteiger partial charge in [0.05, 0.1) is 0 Å². The van der Waals surface area contributed by atoms with Crippen molar-refractivity contribution < 1.29 is 28.2 Å². The van der Waals surface area contributed by atoms with Crippen molar-refractivity contribution in [2.24, 2.45) is 0 Å². The first-order valence-electron chi connectivity index (χ1n) is 2.43. The van der Waals surface area contributed by atoms with Crippen LogP contribution in [0.1, 0.15) is 13.8 Å². The average molecular weight is 174 g/mol. The lowest BCUT2D eigenvalue weighted by molar-refractivity contribution is -0.142. The smallest absolute Gasteiger partial charge is 0.346 e. The fourth-order valence-corrected chi connectivity index (χ4v) is 0.115. The molecule has 0 spiro atoms. The van der Waals surface area contributed by atoms with Crippen LogP contribution in [0.4, 0.5) is 0 Å². The highest BCUT2D eigenvalue weighted by Gasteiger charge is 2.19. The summed E-state index contributed by atoms with van der Waals surface area (Å²) in [6, 6.07) is 0. The summed E-state index contributed by atoms with van der Waals surface area (Å²) in [5.41, 5.74) is -2.69. The Morgan fingerprint density at radius 2 is 1.60 bits per heavy atom. The molecule has 0 aromatic carbocycles. The van der Waals surface area contributed by atoms with Crippen LogP contribution in [0.3, 0.4) is 0 Å². The number of rotatable bonds is 2. The lowest BCUT2D eigenvalue weighted by Gasteiger charge is -1.97. The van der Waals surface area contributed by atoms with Crippen molar-refractivity contribution in [3.05, 3.63) is 0 Å². The molecule has 0 aromatic rings. The van der Waals surface area contributed by atoms with Crippen molar-refractivity contribution in [1.82, 2.24) is 0 Å². The molecule has 0 bridgehead atoms.